The molecule has 7 heteroatoms. The van der Waals surface area contributed by atoms with Crippen molar-refractivity contribution in [2.75, 3.05) is 6.54 Å². The Morgan fingerprint density at radius 3 is 2.61 bits per heavy atom. The second kappa shape index (κ2) is 10.4. The van der Waals surface area contributed by atoms with Crippen LogP contribution >= 0.6 is 11.6 Å². The Kier molecular flexibility index (Phi) is 7.69. The van der Waals surface area contributed by atoms with Gasteiger partial charge < -0.3 is 15.0 Å². The molecule has 164 valence electrons. The number of esters is 1. The van der Waals surface area contributed by atoms with Crippen molar-refractivity contribution in [3.05, 3.63) is 70.2 Å². The number of ether oxygens (including phenoxy) is 1. The number of rotatable bonds is 8. The zero-order chi connectivity index (χ0) is 22.4. The second-order valence-corrected chi connectivity index (χ2v) is 8.32. The van der Waals surface area contributed by atoms with Crippen LogP contribution in [-0.4, -0.2) is 35.3 Å². The molecule has 1 saturated heterocycles. The van der Waals surface area contributed by atoms with Crippen LogP contribution in [0.1, 0.15) is 60.6 Å². The molecule has 2 aromatic carbocycles. The maximum atomic E-state index is 13.0. The van der Waals surface area contributed by atoms with Gasteiger partial charge in [-0.25, -0.2) is 0 Å². The average molecular weight is 443 g/mol. The lowest BCUT2D eigenvalue weighted by Crippen LogP contribution is -2.31. The van der Waals surface area contributed by atoms with Gasteiger partial charge in [0.15, 0.2) is 0 Å². The number of likely N-dealkylation sites (tertiary alicyclic amines) is 1. The largest absolute Gasteiger partial charge is 0.463 e. The summed E-state index contributed by atoms with van der Waals surface area (Å²) >= 11 is 6.33. The number of carbonyl (C=O) groups excluding carboxylic acids is 3. The lowest BCUT2D eigenvalue weighted by atomic mass is 10.0. The van der Waals surface area contributed by atoms with Gasteiger partial charge in [0.1, 0.15) is 0 Å². The molecule has 1 heterocycles. The minimum Gasteiger partial charge on any atom is -0.463 e. The Bertz CT molecular complexity index is 960. The summed E-state index contributed by atoms with van der Waals surface area (Å²) in [7, 11) is 0. The Labute approximate surface area is 187 Å². The highest BCUT2D eigenvalue weighted by Gasteiger charge is 2.24. The fourth-order valence-corrected chi connectivity index (χ4v) is 3.89. The number of benzene rings is 2. The van der Waals surface area contributed by atoms with E-state index in [-0.39, 0.29) is 24.3 Å². The molecule has 1 N–H and O–H groups in total. The van der Waals surface area contributed by atoms with Crippen LogP contribution in [0.3, 0.4) is 0 Å². The first-order valence-electron chi connectivity index (χ1n) is 10.4. The maximum absolute atomic E-state index is 13.0. The smallest absolute Gasteiger partial charge is 0.308 e. The van der Waals surface area contributed by atoms with Crippen LogP contribution in [0.15, 0.2) is 48.5 Å². The van der Waals surface area contributed by atoms with Gasteiger partial charge in [-0.15, -0.1) is 0 Å². The van der Waals surface area contributed by atoms with E-state index in [4.69, 9.17) is 16.3 Å². The molecule has 1 unspecified atom stereocenters. The molecule has 6 nitrogen and oxygen atoms in total. The average Bonchev–Trinajstić information content (AvgIpc) is 3.12. The van der Waals surface area contributed by atoms with Crippen LogP contribution in [0.2, 0.25) is 5.02 Å². The number of amides is 2. The van der Waals surface area contributed by atoms with Gasteiger partial charge in [0, 0.05) is 30.1 Å². The number of carbonyl (C=O) groups is 3. The van der Waals surface area contributed by atoms with E-state index in [1.165, 1.54) is 0 Å². The van der Waals surface area contributed by atoms with Crippen LogP contribution < -0.4 is 5.32 Å². The van der Waals surface area contributed by atoms with E-state index in [1.54, 1.807) is 55.1 Å². The molecule has 0 aliphatic carbocycles. The third kappa shape index (κ3) is 6.31. The third-order valence-electron chi connectivity index (χ3n) is 5.06. The molecule has 1 aliphatic heterocycles. The first-order chi connectivity index (χ1) is 14.8. The van der Waals surface area contributed by atoms with Crippen molar-refractivity contribution in [2.45, 2.75) is 51.8 Å². The molecule has 1 atom stereocenters. The van der Waals surface area contributed by atoms with E-state index < -0.39 is 12.0 Å². The number of hydrogen-bond donors (Lipinski definition) is 1. The normalized spacial score (nSPS) is 14.6. The Hall–Kier alpha value is -2.86. The van der Waals surface area contributed by atoms with Crippen molar-refractivity contribution < 1.29 is 19.1 Å². The molecule has 0 bridgehead atoms. The van der Waals surface area contributed by atoms with Crippen molar-refractivity contribution in [3.8, 4) is 0 Å². The lowest BCUT2D eigenvalue weighted by Gasteiger charge is -2.21. The Balaban J connectivity index is 1.76. The minimum absolute atomic E-state index is 0.0321. The van der Waals surface area contributed by atoms with Crippen molar-refractivity contribution in [3.63, 3.8) is 0 Å². The molecule has 2 amide bonds. The number of nitrogens with zero attached hydrogens (tertiary/aromatic N) is 1. The first kappa shape index (κ1) is 22.8. The Morgan fingerprint density at radius 2 is 1.94 bits per heavy atom. The van der Waals surface area contributed by atoms with Gasteiger partial charge in [0.2, 0.25) is 5.91 Å². The maximum Gasteiger partial charge on any atom is 0.308 e. The number of nitrogens with one attached hydrogen (secondary N) is 1. The van der Waals surface area contributed by atoms with Crippen LogP contribution in [-0.2, 0) is 20.9 Å². The molecule has 0 aromatic heterocycles. The van der Waals surface area contributed by atoms with Gasteiger partial charge in [0.25, 0.3) is 5.91 Å². The van der Waals surface area contributed by atoms with Crippen molar-refractivity contribution in [1.29, 1.82) is 0 Å². The minimum atomic E-state index is -0.628. The van der Waals surface area contributed by atoms with E-state index in [1.807, 2.05) is 12.1 Å². The number of halogens is 1. The van der Waals surface area contributed by atoms with Gasteiger partial charge in [0.05, 0.1) is 18.6 Å². The highest BCUT2D eigenvalue weighted by atomic mass is 35.5. The van der Waals surface area contributed by atoms with Gasteiger partial charge in [-0.3, -0.25) is 14.4 Å². The van der Waals surface area contributed by atoms with Crippen LogP contribution in [0, 0.1) is 0 Å². The third-order valence-corrected chi connectivity index (χ3v) is 5.40. The molecule has 0 spiro atoms. The summed E-state index contributed by atoms with van der Waals surface area (Å²) in [5.74, 6) is -0.601. The topological polar surface area (TPSA) is 75.7 Å². The van der Waals surface area contributed by atoms with Gasteiger partial charge in [-0.1, -0.05) is 41.9 Å². The summed E-state index contributed by atoms with van der Waals surface area (Å²) in [6.45, 7) is 4.77. The molecule has 2 aromatic rings. The molecule has 0 saturated carbocycles. The summed E-state index contributed by atoms with van der Waals surface area (Å²) in [4.78, 5) is 39.0. The highest BCUT2D eigenvalue weighted by Crippen LogP contribution is 2.26. The molecule has 1 aliphatic rings. The molecule has 0 radical (unpaired) electrons. The standard InChI is InChI=1S/C24H27ClN2O4/c1-16(2)31-23(29)14-21(19-9-3-4-10-20(19)25)26-24(30)18-8-5-7-17(13-18)15-27-12-6-11-22(27)28/h3-5,7-10,13,16,21H,6,11-12,14-15H2,1-2H3,(H,26,30). The lowest BCUT2D eigenvalue weighted by molar-refractivity contribution is -0.148. The monoisotopic (exact) mass is 442 g/mol. The van der Waals surface area contributed by atoms with Gasteiger partial charge >= 0.3 is 5.97 Å². The molecular formula is C24H27ClN2O4. The van der Waals surface area contributed by atoms with E-state index in [0.29, 0.717) is 29.1 Å². The Morgan fingerprint density at radius 1 is 1.16 bits per heavy atom. The molecule has 3 rings (SSSR count). The van der Waals surface area contributed by atoms with Crippen molar-refractivity contribution in [1.82, 2.24) is 10.2 Å². The van der Waals surface area contributed by atoms with Crippen LogP contribution in [0.5, 0.6) is 0 Å². The van der Waals surface area contributed by atoms with Gasteiger partial charge in [-0.2, -0.15) is 0 Å². The first-order valence-corrected chi connectivity index (χ1v) is 10.8. The summed E-state index contributed by atoms with van der Waals surface area (Å²) in [6, 6.07) is 13.6. The molecular weight excluding hydrogens is 416 g/mol. The SMILES string of the molecule is CC(C)OC(=O)CC(NC(=O)c1cccc(CN2CCCC2=O)c1)c1ccccc1Cl. The van der Waals surface area contributed by atoms with Crippen LogP contribution in [0.25, 0.3) is 0 Å². The van der Waals surface area contributed by atoms with E-state index >= 15 is 0 Å². The fraction of sp³-hybridized carbons (Fsp3) is 0.375. The molecule has 1 fully saturated rings. The summed E-state index contributed by atoms with van der Waals surface area (Å²) in [5, 5.41) is 3.38. The second-order valence-electron chi connectivity index (χ2n) is 7.91. The predicted octanol–water partition coefficient (Wildman–Crippen LogP) is 4.28. The predicted molar refractivity (Wildman–Crippen MR) is 119 cm³/mol. The summed E-state index contributed by atoms with van der Waals surface area (Å²) in [5.41, 5.74) is 1.99. The zero-order valence-electron chi connectivity index (χ0n) is 17.8. The quantitative estimate of drug-likeness (QED) is 0.619. The van der Waals surface area contributed by atoms with E-state index in [2.05, 4.69) is 5.32 Å². The van der Waals surface area contributed by atoms with Crippen LogP contribution in [0.4, 0.5) is 0 Å². The van der Waals surface area contributed by atoms with Gasteiger partial charge in [-0.05, 0) is 49.6 Å². The van der Waals surface area contributed by atoms with Crippen molar-refractivity contribution >= 4 is 29.4 Å². The van der Waals surface area contributed by atoms with Crippen molar-refractivity contribution in [2.24, 2.45) is 0 Å². The summed E-state index contributed by atoms with van der Waals surface area (Å²) < 4.78 is 5.26. The molecule has 31 heavy (non-hydrogen) atoms. The van der Waals surface area contributed by atoms with E-state index in [0.717, 1.165) is 18.5 Å². The number of hydrogen-bond acceptors (Lipinski definition) is 4. The summed E-state index contributed by atoms with van der Waals surface area (Å²) in [6.07, 6.45) is 1.16. The van der Waals surface area contributed by atoms with E-state index in [9.17, 15) is 14.4 Å². The highest BCUT2D eigenvalue weighted by molar-refractivity contribution is 6.31. The fourth-order valence-electron chi connectivity index (χ4n) is 3.62. The zero-order valence-corrected chi connectivity index (χ0v) is 18.5.